The molecule has 4 unspecified atom stereocenters. The van der Waals surface area contributed by atoms with Crippen molar-refractivity contribution in [2.24, 2.45) is 0 Å². The number of ether oxygens (including phenoxy) is 5. The molecule has 0 aromatic carbocycles. The first-order valence-electron chi connectivity index (χ1n) is 11.4. The lowest BCUT2D eigenvalue weighted by Gasteiger charge is -2.48. The van der Waals surface area contributed by atoms with E-state index in [-0.39, 0.29) is 0 Å². The summed E-state index contributed by atoms with van der Waals surface area (Å²) in [7, 11) is 0. The van der Waals surface area contributed by atoms with Gasteiger partial charge >= 0.3 is 5.97 Å². The number of amides is 1. The molecule has 10 atom stereocenters. The van der Waals surface area contributed by atoms with Crippen molar-refractivity contribution in [3.8, 4) is 0 Å². The lowest BCUT2D eigenvalue weighted by atomic mass is 9.94. The first kappa shape index (κ1) is 29.8. The van der Waals surface area contributed by atoms with Crippen LogP contribution in [0.5, 0.6) is 0 Å². The minimum atomic E-state index is -1.77. The van der Waals surface area contributed by atoms with Crippen LogP contribution in [-0.4, -0.2) is 117 Å². The van der Waals surface area contributed by atoms with Gasteiger partial charge in [-0.05, 0) is 41.5 Å². The van der Waals surface area contributed by atoms with Gasteiger partial charge in [0.2, 0.25) is 5.91 Å². The van der Waals surface area contributed by atoms with Gasteiger partial charge in [0.1, 0.15) is 42.7 Å². The van der Waals surface area contributed by atoms with Crippen LogP contribution in [0.4, 0.5) is 0 Å². The molecule has 35 heavy (non-hydrogen) atoms. The smallest absolute Gasteiger partial charge is 0.335 e. The molecule has 2 aliphatic heterocycles. The molecule has 2 heterocycles. The molecule has 13 nitrogen and oxygen atoms in total. The van der Waals surface area contributed by atoms with Gasteiger partial charge in [-0.25, -0.2) is 4.79 Å². The fourth-order valence-electron chi connectivity index (χ4n) is 3.92. The van der Waals surface area contributed by atoms with Crippen LogP contribution in [0.1, 0.15) is 48.5 Å². The number of nitrogens with one attached hydrogen (secondary N) is 1. The molecule has 2 aliphatic rings. The summed E-state index contributed by atoms with van der Waals surface area (Å²) in [5.41, 5.74) is -1.60. The molecule has 204 valence electrons. The van der Waals surface area contributed by atoms with E-state index in [1.807, 2.05) is 0 Å². The molecule has 1 amide bonds. The Morgan fingerprint density at radius 1 is 0.857 bits per heavy atom. The molecule has 13 heteroatoms. The van der Waals surface area contributed by atoms with E-state index in [0.717, 1.165) is 0 Å². The van der Waals surface area contributed by atoms with Gasteiger partial charge in [0.15, 0.2) is 18.7 Å². The normalized spacial score (nSPS) is 38.7. The Morgan fingerprint density at radius 2 is 1.43 bits per heavy atom. The van der Waals surface area contributed by atoms with E-state index in [9.17, 15) is 35.1 Å². The van der Waals surface area contributed by atoms with Crippen molar-refractivity contribution in [3.05, 3.63) is 0 Å². The van der Waals surface area contributed by atoms with Gasteiger partial charge in [-0.3, -0.25) is 4.79 Å². The second kappa shape index (κ2) is 11.3. The average Bonchev–Trinajstić information content (AvgIpc) is 2.69. The van der Waals surface area contributed by atoms with Crippen LogP contribution in [0.2, 0.25) is 0 Å². The number of hydrogen-bond acceptors (Lipinski definition) is 11. The standard InChI is InChI=1S/C22H39NO12/c1-9(25)23-11-12(26)15(10(8-24)31-19(11)35-22(5,6)7)32-20-14(28)13(27)16(34-21(2,3)4)17(33-20)18(29)30/h10-17,19-20,24,26-28H,8H2,1-7H3,(H,23,25)(H,29,30)/t10?,11?,12-,13-,14?,15+,16-,17?,19+,20+/m0/s1. The van der Waals surface area contributed by atoms with Gasteiger partial charge < -0.3 is 54.5 Å². The highest BCUT2D eigenvalue weighted by Gasteiger charge is 2.54. The van der Waals surface area contributed by atoms with Crippen LogP contribution in [0, 0.1) is 0 Å². The minimum Gasteiger partial charge on any atom is -0.479 e. The van der Waals surface area contributed by atoms with Crippen molar-refractivity contribution < 1.29 is 58.8 Å². The lowest BCUT2D eigenvalue weighted by molar-refractivity contribution is -0.355. The van der Waals surface area contributed by atoms with Crippen LogP contribution in [0.25, 0.3) is 0 Å². The average molecular weight is 510 g/mol. The SMILES string of the molecule is CC(=O)NC1[C@@H](OC(C)(C)C)OC(CO)[C@@H](O[C@@H]2OC(C(=O)O)[C@@H](OC(C)(C)C)[C@@H](O)C2O)[C@H]1O. The predicted octanol–water partition coefficient (Wildman–Crippen LogP) is -1.52. The Balaban J connectivity index is 2.30. The van der Waals surface area contributed by atoms with Crippen LogP contribution in [0.3, 0.4) is 0 Å². The maximum atomic E-state index is 11.8. The second-order valence-corrected chi connectivity index (χ2v) is 10.7. The van der Waals surface area contributed by atoms with E-state index in [4.69, 9.17) is 23.7 Å². The highest BCUT2D eigenvalue weighted by molar-refractivity contribution is 5.73. The number of aliphatic hydroxyl groups excluding tert-OH is 4. The maximum Gasteiger partial charge on any atom is 0.335 e. The number of hydrogen-bond donors (Lipinski definition) is 6. The van der Waals surface area contributed by atoms with Gasteiger partial charge in [0.05, 0.1) is 17.8 Å². The van der Waals surface area contributed by atoms with Gasteiger partial charge in [0.25, 0.3) is 0 Å². The molecule has 6 N–H and O–H groups in total. The summed E-state index contributed by atoms with van der Waals surface area (Å²) in [4.78, 5) is 23.6. The van der Waals surface area contributed by atoms with E-state index >= 15 is 0 Å². The van der Waals surface area contributed by atoms with Crippen molar-refractivity contribution in [1.82, 2.24) is 5.32 Å². The second-order valence-electron chi connectivity index (χ2n) is 10.7. The molecular formula is C22H39NO12. The fourth-order valence-corrected chi connectivity index (χ4v) is 3.92. The lowest BCUT2D eigenvalue weighted by Crippen LogP contribution is -2.68. The predicted molar refractivity (Wildman–Crippen MR) is 118 cm³/mol. The summed E-state index contributed by atoms with van der Waals surface area (Å²) in [6, 6.07) is -1.14. The van der Waals surface area contributed by atoms with Crippen molar-refractivity contribution in [2.75, 3.05) is 6.61 Å². The van der Waals surface area contributed by atoms with Crippen LogP contribution in [0.15, 0.2) is 0 Å². The summed E-state index contributed by atoms with van der Waals surface area (Å²) in [5.74, 6) is -1.97. The molecule has 2 saturated heterocycles. The Hall–Kier alpha value is -1.42. The molecular weight excluding hydrogens is 470 g/mol. The quantitative estimate of drug-likeness (QED) is 0.233. The summed E-state index contributed by atoms with van der Waals surface area (Å²) in [5, 5.41) is 54.4. The Bertz CT molecular complexity index is 735. The Kier molecular flexibility index (Phi) is 9.64. The topological polar surface area (TPSA) is 193 Å². The summed E-state index contributed by atoms with van der Waals surface area (Å²) in [6.45, 7) is 10.7. The largest absolute Gasteiger partial charge is 0.479 e. The first-order chi connectivity index (χ1) is 15.9. The van der Waals surface area contributed by atoms with Crippen molar-refractivity contribution in [1.29, 1.82) is 0 Å². The van der Waals surface area contributed by atoms with Gasteiger partial charge in [0, 0.05) is 6.92 Å². The van der Waals surface area contributed by atoms with Crippen molar-refractivity contribution >= 4 is 11.9 Å². The van der Waals surface area contributed by atoms with E-state index < -0.39 is 91.0 Å². The fraction of sp³-hybridized carbons (Fsp3) is 0.909. The molecule has 0 aromatic rings. The number of carbonyl (C=O) groups is 2. The maximum absolute atomic E-state index is 11.8. The summed E-state index contributed by atoms with van der Waals surface area (Å²) < 4.78 is 28.3. The van der Waals surface area contributed by atoms with Crippen molar-refractivity contribution in [3.63, 3.8) is 0 Å². The zero-order chi connectivity index (χ0) is 26.9. The molecule has 0 aromatic heterocycles. The van der Waals surface area contributed by atoms with Gasteiger partial charge in [-0.15, -0.1) is 0 Å². The number of rotatable bonds is 7. The Morgan fingerprint density at radius 3 is 1.89 bits per heavy atom. The van der Waals surface area contributed by atoms with E-state index in [0.29, 0.717) is 0 Å². The molecule has 0 aliphatic carbocycles. The molecule has 2 rings (SSSR count). The highest BCUT2D eigenvalue weighted by atomic mass is 16.7. The molecule has 0 spiro atoms. The third kappa shape index (κ3) is 7.78. The molecule has 0 bridgehead atoms. The number of carboxylic acid groups (broad SMARTS) is 1. The third-order valence-electron chi connectivity index (χ3n) is 5.26. The zero-order valence-electron chi connectivity index (χ0n) is 21.1. The zero-order valence-corrected chi connectivity index (χ0v) is 21.1. The minimum absolute atomic E-state index is 0.501. The third-order valence-corrected chi connectivity index (χ3v) is 5.26. The Labute approximate surface area is 204 Å². The van der Waals surface area contributed by atoms with Gasteiger partial charge in [-0.2, -0.15) is 0 Å². The van der Waals surface area contributed by atoms with Crippen LogP contribution < -0.4 is 5.32 Å². The summed E-state index contributed by atoms with van der Waals surface area (Å²) >= 11 is 0. The highest BCUT2D eigenvalue weighted by Crippen LogP contribution is 2.32. The van der Waals surface area contributed by atoms with Crippen LogP contribution >= 0.6 is 0 Å². The van der Waals surface area contributed by atoms with E-state index in [1.54, 1.807) is 41.5 Å². The first-order valence-corrected chi connectivity index (χ1v) is 11.4. The van der Waals surface area contributed by atoms with Crippen molar-refractivity contribution in [2.45, 2.75) is 121 Å². The monoisotopic (exact) mass is 509 g/mol. The number of carboxylic acids is 1. The summed E-state index contributed by atoms with van der Waals surface area (Å²) in [6.07, 6.45) is -13.7. The number of aliphatic hydroxyl groups is 4. The van der Waals surface area contributed by atoms with Crippen LogP contribution in [-0.2, 0) is 33.3 Å². The molecule has 0 saturated carbocycles. The van der Waals surface area contributed by atoms with Gasteiger partial charge in [-0.1, -0.05) is 0 Å². The molecule has 0 radical (unpaired) electrons. The van der Waals surface area contributed by atoms with E-state index in [1.165, 1.54) is 6.92 Å². The number of aliphatic carboxylic acids is 1. The van der Waals surface area contributed by atoms with E-state index in [2.05, 4.69) is 5.32 Å². The number of carbonyl (C=O) groups excluding carboxylic acids is 1. The molecule has 2 fully saturated rings.